The number of nitrogens with zero attached hydrogens (tertiary/aromatic N) is 5. The first kappa shape index (κ1) is 20.1. The number of Topliss-reactive ketones (excluding diaryl/α,β-unsaturated/α-hetero) is 1. The highest BCUT2D eigenvalue weighted by Crippen LogP contribution is 2.36. The molecule has 7 nitrogen and oxygen atoms in total. The van der Waals surface area contributed by atoms with Crippen molar-refractivity contribution in [3.05, 3.63) is 54.1 Å². The minimum absolute atomic E-state index is 0.0372. The highest BCUT2D eigenvalue weighted by atomic mass is 16.2. The van der Waals surface area contributed by atoms with Crippen LogP contribution in [0.4, 0.5) is 11.5 Å². The van der Waals surface area contributed by atoms with Gasteiger partial charge in [-0.3, -0.25) is 9.59 Å². The quantitative estimate of drug-likeness (QED) is 0.563. The van der Waals surface area contributed by atoms with Crippen LogP contribution < -0.4 is 9.80 Å². The lowest BCUT2D eigenvalue weighted by Gasteiger charge is -2.37. The molecule has 0 spiro atoms. The molecule has 0 unspecified atom stereocenters. The van der Waals surface area contributed by atoms with Gasteiger partial charge in [-0.2, -0.15) is 0 Å². The Balaban J connectivity index is 1.79. The van der Waals surface area contributed by atoms with E-state index in [2.05, 4.69) is 9.88 Å². The van der Waals surface area contributed by atoms with Crippen molar-refractivity contribution in [3.63, 3.8) is 0 Å². The number of ketones is 1. The zero-order valence-corrected chi connectivity index (χ0v) is 17.7. The van der Waals surface area contributed by atoms with Crippen molar-refractivity contribution < 1.29 is 9.59 Å². The summed E-state index contributed by atoms with van der Waals surface area (Å²) in [7, 11) is 5.49. The van der Waals surface area contributed by atoms with E-state index >= 15 is 0 Å². The zero-order valence-electron chi connectivity index (χ0n) is 17.7. The van der Waals surface area contributed by atoms with Gasteiger partial charge in [0.05, 0.1) is 18.3 Å². The monoisotopic (exact) mass is 405 g/mol. The predicted octanol–water partition coefficient (Wildman–Crippen LogP) is 2.99. The van der Waals surface area contributed by atoms with Gasteiger partial charge in [0.15, 0.2) is 17.4 Å². The molecule has 1 aromatic carbocycles. The molecular formula is C23H27N5O2. The Morgan fingerprint density at radius 2 is 1.87 bits per heavy atom. The number of aromatic nitrogens is 2. The molecular weight excluding hydrogens is 378 g/mol. The molecule has 0 radical (unpaired) electrons. The van der Waals surface area contributed by atoms with Crippen LogP contribution in [0.3, 0.4) is 0 Å². The SMILES string of the molecule is CN(C)/C=C(\C(=O)c1ccccc1)c1ncc2c(n1)N(C1CCCC1)CC(=O)N2C. The van der Waals surface area contributed by atoms with Crippen molar-refractivity contribution in [1.82, 2.24) is 14.9 Å². The third-order valence-electron chi connectivity index (χ3n) is 5.74. The minimum Gasteiger partial charge on any atom is -0.383 e. The van der Waals surface area contributed by atoms with E-state index in [1.54, 1.807) is 36.5 Å². The molecule has 2 aliphatic rings. The third kappa shape index (κ3) is 3.79. The van der Waals surface area contributed by atoms with E-state index in [0.717, 1.165) is 31.5 Å². The van der Waals surface area contributed by atoms with Gasteiger partial charge in [-0.25, -0.2) is 9.97 Å². The lowest BCUT2D eigenvalue weighted by molar-refractivity contribution is -0.117. The Hall–Kier alpha value is -3.22. The highest BCUT2D eigenvalue weighted by molar-refractivity contribution is 6.28. The molecule has 0 saturated heterocycles. The van der Waals surface area contributed by atoms with Crippen molar-refractivity contribution in [2.75, 3.05) is 37.5 Å². The normalized spacial score (nSPS) is 17.3. The molecule has 2 heterocycles. The molecule has 1 fully saturated rings. The van der Waals surface area contributed by atoms with E-state index in [9.17, 15) is 9.59 Å². The van der Waals surface area contributed by atoms with Gasteiger partial charge in [0.2, 0.25) is 5.91 Å². The average molecular weight is 406 g/mol. The average Bonchev–Trinajstić information content (AvgIpc) is 3.29. The first-order valence-corrected chi connectivity index (χ1v) is 10.3. The summed E-state index contributed by atoms with van der Waals surface area (Å²) in [6.07, 6.45) is 7.86. The minimum atomic E-state index is -0.128. The van der Waals surface area contributed by atoms with E-state index in [-0.39, 0.29) is 11.7 Å². The number of hydrogen-bond donors (Lipinski definition) is 0. The molecule has 30 heavy (non-hydrogen) atoms. The lowest BCUT2D eigenvalue weighted by Crippen LogP contribution is -2.48. The fourth-order valence-electron chi connectivity index (χ4n) is 4.14. The summed E-state index contributed by atoms with van der Waals surface area (Å²) in [5.41, 5.74) is 1.71. The Bertz CT molecular complexity index is 980. The number of likely N-dealkylation sites (N-methyl/N-ethyl adjacent to an activating group) is 1. The van der Waals surface area contributed by atoms with Crippen LogP contribution in [0.5, 0.6) is 0 Å². The maximum atomic E-state index is 13.2. The second-order valence-corrected chi connectivity index (χ2v) is 8.12. The van der Waals surface area contributed by atoms with Crippen LogP contribution in [-0.2, 0) is 4.79 Å². The Morgan fingerprint density at radius 1 is 1.17 bits per heavy atom. The number of allylic oxidation sites excluding steroid dienone is 1. The fraction of sp³-hybridized carbons (Fsp3) is 0.391. The summed E-state index contributed by atoms with van der Waals surface area (Å²) < 4.78 is 0. The molecule has 1 aliphatic heterocycles. The predicted molar refractivity (Wildman–Crippen MR) is 117 cm³/mol. The highest BCUT2D eigenvalue weighted by Gasteiger charge is 2.35. The van der Waals surface area contributed by atoms with Gasteiger partial charge in [-0.1, -0.05) is 43.2 Å². The number of benzene rings is 1. The molecule has 156 valence electrons. The van der Waals surface area contributed by atoms with Crippen LogP contribution in [0.1, 0.15) is 41.9 Å². The van der Waals surface area contributed by atoms with Gasteiger partial charge >= 0.3 is 0 Å². The van der Waals surface area contributed by atoms with Gasteiger partial charge in [0.1, 0.15) is 5.69 Å². The summed E-state index contributed by atoms with van der Waals surface area (Å²) in [5.74, 6) is 1.02. The van der Waals surface area contributed by atoms with Crippen LogP contribution >= 0.6 is 0 Å². The number of rotatable bonds is 5. The first-order valence-electron chi connectivity index (χ1n) is 10.3. The molecule has 1 aliphatic carbocycles. The second-order valence-electron chi connectivity index (χ2n) is 8.12. The Morgan fingerprint density at radius 3 is 2.53 bits per heavy atom. The number of fused-ring (bicyclic) bond motifs is 1. The second kappa shape index (κ2) is 8.26. The third-order valence-corrected chi connectivity index (χ3v) is 5.74. The summed E-state index contributed by atoms with van der Waals surface area (Å²) in [4.78, 5) is 40.6. The molecule has 1 amide bonds. The van der Waals surface area contributed by atoms with Crippen LogP contribution in [0.25, 0.3) is 5.57 Å². The molecule has 7 heteroatoms. The lowest BCUT2D eigenvalue weighted by atomic mass is 10.0. The molecule has 1 saturated carbocycles. The molecule has 0 bridgehead atoms. The van der Waals surface area contributed by atoms with E-state index in [0.29, 0.717) is 35.2 Å². The van der Waals surface area contributed by atoms with Crippen LogP contribution in [0.2, 0.25) is 0 Å². The summed E-state index contributed by atoms with van der Waals surface area (Å²) in [5, 5.41) is 0. The van der Waals surface area contributed by atoms with Crippen LogP contribution in [-0.4, -0.2) is 60.3 Å². The van der Waals surface area contributed by atoms with Crippen molar-refractivity contribution in [3.8, 4) is 0 Å². The Labute approximate surface area is 177 Å². The number of amides is 1. The van der Waals surface area contributed by atoms with Gasteiger partial charge in [0, 0.05) is 38.9 Å². The number of carbonyl (C=O) groups excluding carboxylic acids is 2. The number of carbonyl (C=O) groups is 2. The largest absolute Gasteiger partial charge is 0.383 e. The van der Waals surface area contributed by atoms with E-state index in [1.807, 2.05) is 37.2 Å². The zero-order chi connectivity index (χ0) is 21.3. The van der Waals surface area contributed by atoms with Crippen LogP contribution in [0, 0.1) is 0 Å². The van der Waals surface area contributed by atoms with E-state index in [4.69, 9.17) is 4.98 Å². The smallest absolute Gasteiger partial charge is 0.246 e. The molecule has 2 aromatic rings. The van der Waals surface area contributed by atoms with Crippen LogP contribution in [0.15, 0.2) is 42.7 Å². The van der Waals surface area contributed by atoms with Crippen molar-refractivity contribution in [2.24, 2.45) is 0 Å². The number of anilines is 2. The topological polar surface area (TPSA) is 69.6 Å². The summed E-state index contributed by atoms with van der Waals surface area (Å²) >= 11 is 0. The van der Waals surface area contributed by atoms with Crippen molar-refractivity contribution in [1.29, 1.82) is 0 Å². The summed E-state index contributed by atoms with van der Waals surface area (Å²) in [6, 6.07) is 9.46. The molecule has 0 atom stereocenters. The number of hydrogen-bond acceptors (Lipinski definition) is 6. The first-order chi connectivity index (χ1) is 14.5. The van der Waals surface area contributed by atoms with Gasteiger partial charge < -0.3 is 14.7 Å². The van der Waals surface area contributed by atoms with E-state index < -0.39 is 0 Å². The molecule has 4 rings (SSSR count). The Kier molecular flexibility index (Phi) is 5.53. The van der Waals surface area contributed by atoms with E-state index in [1.165, 1.54) is 0 Å². The van der Waals surface area contributed by atoms with Gasteiger partial charge in [-0.05, 0) is 12.8 Å². The molecule has 1 aromatic heterocycles. The molecule has 0 N–H and O–H groups in total. The van der Waals surface area contributed by atoms with Crippen molar-refractivity contribution in [2.45, 2.75) is 31.7 Å². The fourth-order valence-corrected chi connectivity index (χ4v) is 4.14. The maximum absolute atomic E-state index is 13.2. The summed E-state index contributed by atoms with van der Waals surface area (Å²) in [6.45, 7) is 0.310. The van der Waals surface area contributed by atoms with Gasteiger partial charge in [-0.15, -0.1) is 0 Å². The van der Waals surface area contributed by atoms with Crippen molar-refractivity contribution >= 4 is 28.8 Å². The van der Waals surface area contributed by atoms with Gasteiger partial charge in [0.25, 0.3) is 0 Å². The standard InChI is InChI=1S/C23H27N5O2/c1-26(2)14-18(21(30)16-9-5-4-6-10-16)22-24-13-19-23(25-22)28(15-20(29)27(19)3)17-11-7-8-12-17/h4-6,9-10,13-14,17H,7-8,11-12,15H2,1-3H3/b18-14+. The maximum Gasteiger partial charge on any atom is 0.246 e.